The second kappa shape index (κ2) is 8.19. The minimum absolute atomic E-state index is 0.0282. The Morgan fingerprint density at radius 3 is 2.52 bits per heavy atom. The SMILES string of the molecule is COc1ccccc1-c1cc(C(=O)N2CCN(C3CC3)CC2c2ccccc2)n(C)n1. The zero-order chi connectivity index (χ0) is 21.4. The van der Waals surface area contributed by atoms with Gasteiger partial charge < -0.3 is 9.64 Å². The van der Waals surface area contributed by atoms with Crippen molar-refractivity contribution in [1.29, 1.82) is 0 Å². The molecule has 1 aliphatic carbocycles. The molecule has 160 valence electrons. The summed E-state index contributed by atoms with van der Waals surface area (Å²) < 4.78 is 7.18. The van der Waals surface area contributed by atoms with Crippen LogP contribution in [0, 0.1) is 0 Å². The highest BCUT2D eigenvalue weighted by Crippen LogP contribution is 2.35. The van der Waals surface area contributed by atoms with Gasteiger partial charge in [-0.05, 0) is 36.6 Å². The molecule has 2 aromatic carbocycles. The van der Waals surface area contributed by atoms with Gasteiger partial charge in [-0.25, -0.2) is 0 Å². The molecular formula is C25H28N4O2. The normalized spacial score (nSPS) is 19.4. The van der Waals surface area contributed by atoms with Gasteiger partial charge in [-0.2, -0.15) is 5.10 Å². The number of para-hydroxylation sites is 1. The molecule has 2 heterocycles. The second-order valence-electron chi connectivity index (χ2n) is 8.39. The number of hydrogen-bond acceptors (Lipinski definition) is 4. The van der Waals surface area contributed by atoms with E-state index in [4.69, 9.17) is 4.74 Å². The third-order valence-electron chi connectivity index (χ3n) is 6.40. The molecule has 1 saturated carbocycles. The Labute approximate surface area is 183 Å². The number of amides is 1. The van der Waals surface area contributed by atoms with Crippen LogP contribution in [-0.2, 0) is 7.05 Å². The third kappa shape index (κ3) is 3.83. The molecule has 5 rings (SSSR count). The van der Waals surface area contributed by atoms with Crippen LogP contribution >= 0.6 is 0 Å². The first-order valence-corrected chi connectivity index (χ1v) is 10.9. The Balaban J connectivity index is 1.46. The number of methoxy groups -OCH3 is 1. The molecule has 2 fully saturated rings. The van der Waals surface area contributed by atoms with Gasteiger partial charge in [-0.1, -0.05) is 42.5 Å². The van der Waals surface area contributed by atoms with Gasteiger partial charge in [0.15, 0.2) is 0 Å². The second-order valence-corrected chi connectivity index (χ2v) is 8.39. The van der Waals surface area contributed by atoms with E-state index >= 15 is 0 Å². The van der Waals surface area contributed by atoms with Crippen LogP contribution in [-0.4, -0.2) is 58.3 Å². The van der Waals surface area contributed by atoms with E-state index in [0.29, 0.717) is 11.7 Å². The molecule has 0 spiro atoms. The smallest absolute Gasteiger partial charge is 0.272 e. The van der Waals surface area contributed by atoms with Crippen LogP contribution < -0.4 is 4.74 Å². The van der Waals surface area contributed by atoms with E-state index in [0.717, 1.165) is 36.6 Å². The van der Waals surface area contributed by atoms with Crippen molar-refractivity contribution in [2.45, 2.75) is 24.9 Å². The maximum Gasteiger partial charge on any atom is 0.272 e. The van der Waals surface area contributed by atoms with E-state index in [9.17, 15) is 4.79 Å². The Morgan fingerprint density at radius 1 is 1.03 bits per heavy atom. The first-order valence-electron chi connectivity index (χ1n) is 10.9. The van der Waals surface area contributed by atoms with Crippen molar-refractivity contribution in [3.8, 4) is 17.0 Å². The average molecular weight is 417 g/mol. The average Bonchev–Trinajstić information content (AvgIpc) is 3.60. The summed E-state index contributed by atoms with van der Waals surface area (Å²) in [7, 11) is 3.49. The van der Waals surface area contributed by atoms with Gasteiger partial charge in [-0.15, -0.1) is 0 Å². The molecule has 0 N–H and O–H groups in total. The number of hydrogen-bond donors (Lipinski definition) is 0. The van der Waals surface area contributed by atoms with Gasteiger partial charge in [0.1, 0.15) is 11.4 Å². The Hall–Kier alpha value is -3.12. The monoisotopic (exact) mass is 416 g/mol. The van der Waals surface area contributed by atoms with Crippen molar-refractivity contribution in [3.05, 3.63) is 71.9 Å². The van der Waals surface area contributed by atoms with Gasteiger partial charge in [0.05, 0.1) is 18.8 Å². The highest BCUT2D eigenvalue weighted by Gasteiger charge is 2.38. The fourth-order valence-corrected chi connectivity index (χ4v) is 4.58. The van der Waals surface area contributed by atoms with Crippen LogP contribution in [0.3, 0.4) is 0 Å². The predicted molar refractivity (Wildman–Crippen MR) is 120 cm³/mol. The molecule has 1 saturated heterocycles. The lowest BCUT2D eigenvalue weighted by atomic mass is 10.0. The summed E-state index contributed by atoms with van der Waals surface area (Å²) in [4.78, 5) is 18.3. The first kappa shape index (κ1) is 19.8. The van der Waals surface area contributed by atoms with Gasteiger partial charge in [-0.3, -0.25) is 14.4 Å². The van der Waals surface area contributed by atoms with Crippen LogP contribution in [0.2, 0.25) is 0 Å². The van der Waals surface area contributed by atoms with E-state index < -0.39 is 0 Å². The van der Waals surface area contributed by atoms with Crippen LogP contribution in [0.1, 0.15) is 34.9 Å². The van der Waals surface area contributed by atoms with Crippen LogP contribution in [0.5, 0.6) is 5.75 Å². The molecule has 2 aliphatic rings. The number of carbonyl (C=O) groups is 1. The molecule has 6 nitrogen and oxygen atoms in total. The van der Waals surface area contributed by atoms with Crippen molar-refractivity contribution < 1.29 is 9.53 Å². The minimum Gasteiger partial charge on any atom is -0.496 e. The summed E-state index contributed by atoms with van der Waals surface area (Å²) in [5.74, 6) is 0.778. The lowest BCUT2D eigenvalue weighted by Gasteiger charge is -2.42. The number of rotatable bonds is 5. The van der Waals surface area contributed by atoms with E-state index in [1.165, 1.54) is 18.4 Å². The fraction of sp³-hybridized carbons (Fsp3) is 0.360. The molecule has 0 bridgehead atoms. The molecular weight excluding hydrogens is 388 g/mol. The maximum atomic E-state index is 13.7. The van der Waals surface area contributed by atoms with E-state index in [1.54, 1.807) is 11.8 Å². The number of benzene rings is 2. The number of carbonyl (C=O) groups excluding carboxylic acids is 1. The quantitative estimate of drug-likeness (QED) is 0.636. The third-order valence-corrected chi connectivity index (χ3v) is 6.40. The lowest BCUT2D eigenvalue weighted by Crippen LogP contribution is -2.51. The summed E-state index contributed by atoms with van der Waals surface area (Å²) in [5, 5.41) is 4.64. The van der Waals surface area contributed by atoms with Crippen LogP contribution in [0.4, 0.5) is 0 Å². The van der Waals surface area contributed by atoms with E-state index in [-0.39, 0.29) is 11.9 Å². The summed E-state index contributed by atoms with van der Waals surface area (Å²) >= 11 is 0. The largest absolute Gasteiger partial charge is 0.496 e. The standard InChI is InChI=1S/C25H28N4O2/c1-27-22(16-21(26-27)20-10-6-7-11-24(20)31-2)25(30)29-15-14-28(19-12-13-19)17-23(29)18-8-4-3-5-9-18/h3-11,16,19,23H,12-15,17H2,1-2H3. The Bertz CT molecular complexity index is 1070. The number of piperazine rings is 1. The highest BCUT2D eigenvalue weighted by atomic mass is 16.5. The zero-order valence-electron chi connectivity index (χ0n) is 18.1. The molecule has 1 aromatic heterocycles. The number of aryl methyl sites for hydroxylation is 1. The van der Waals surface area contributed by atoms with Crippen molar-refractivity contribution in [2.75, 3.05) is 26.7 Å². The first-order chi connectivity index (χ1) is 15.2. The highest BCUT2D eigenvalue weighted by molar-refractivity contribution is 5.94. The number of nitrogens with zero attached hydrogens (tertiary/aromatic N) is 4. The van der Waals surface area contributed by atoms with E-state index in [1.807, 2.05) is 48.3 Å². The maximum absolute atomic E-state index is 13.7. The lowest BCUT2D eigenvalue weighted by molar-refractivity contribution is 0.0423. The van der Waals surface area contributed by atoms with Crippen molar-refractivity contribution in [1.82, 2.24) is 19.6 Å². The number of aromatic nitrogens is 2. The van der Waals surface area contributed by atoms with Crippen LogP contribution in [0.25, 0.3) is 11.3 Å². The topological polar surface area (TPSA) is 50.6 Å². The van der Waals surface area contributed by atoms with Gasteiger partial charge in [0.25, 0.3) is 5.91 Å². The van der Waals surface area contributed by atoms with Crippen molar-refractivity contribution >= 4 is 5.91 Å². The van der Waals surface area contributed by atoms with Gasteiger partial charge in [0, 0.05) is 38.3 Å². The Morgan fingerprint density at radius 2 is 1.77 bits per heavy atom. The molecule has 31 heavy (non-hydrogen) atoms. The summed E-state index contributed by atoms with van der Waals surface area (Å²) in [6, 6.07) is 20.8. The van der Waals surface area contributed by atoms with Crippen molar-refractivity contribution in [3.63, 3.8) is 0 Å². The zero-order valence-corrected chi connectivity index (χ0v) is 18.1. The number of ether oxygens (including phenoxy) is 1. The van der Waals surface area contributed by atoms with E-state index in [2.05, 4.69) is 34.3 Å². The molecule has 0 radical (unpaired) electrons. The predicted octanol–water partition coefficient (Wildman–Crippen LogP) is 3.76. The Kier molecular flexibility index (Phi) is 5.24. The van der Waals surface area contributed by atoms with Gasteiger partial charge in [0.2, 0.25) is 0 Å². The molecule has 1 atom stereocenters. The molecule has 1 amide bonds. The molecule has 3 aromatic rings. The minimum atomic E-state index is 0.0282. The molecule has 1 unspecified atom stereocenters. The summed E-state index contributed by atoms with van der Waals surface area (Å²) in [6.07, 6.45) is 2.55. The molecule has 6 heteroatoms. The van der Waals surface area contributed by atoms with Crippen LogP contribution in [0.15, 0.2) is 60.7 Å². The molecule has 1 aliphatic heterocycles. The van der Waals surface area contributed by atoms with Gasteiger partial charge >= 0.3 is 0 Å². The van der Waals surface area contributed by atoms with Crippen molar-refractivity contribution in [2.24, 2.45) is 7.05 Å². The summed E-state index contributed by atoms with van der Waals surface area (Å²) in [5.41, 5.74) is 3.42. The summed E-state index contributed by atoms with van der Waals surface area (Å²) in [6.45, 7) is 2.54. The fourth-order valence-electron chi connectivity index (χ4n) is 4.58.